The molecule has 2 atom stereocenters. The Kier molecular flexibility index (Phi) is 7.91. The number of sulfonamides is 1. The van der Waals surface area contributed by atoms with E-state index in [1.54, 1.807) is 39.8 Å². The van der Waals surface area contributed by atoms with Gasteiger partial charge in [-0.05, 0) is 49.2 Å². The van der Waals surface area contributed by atoms with Gasteiger partial charge in [0.2, 0.25) is 10.0 Å². The van der Waals surface area contributed by atoms with Gasteiger partial charge < -0.3 is 10.6 Å². The zero-order chi connectivity index (χ0) is 22.5. The van der Waals surface area contributed by atoms with Crippen LogP contribution >= 0.6 is 0 Å². The molecule has 2 aromatic carbocycles. The highest BCUT2D eigenvalue weighted by Gasteiger charge is 2.22. The SMILES string of the molecule is CCN(CC)S(=O)(=O)c1ccc(C(C)NC(=O)NC(C)c2ccc(F)c(F)c2)cc1. The van der Waals surface area contributed by atoms with Crippen LogP contribution in [0, 0.1) is 11.6 Å². The minimum atomic E-state index is -3.54. The van der Waals surface area contributed by atoms with Crippen LogP contribution in [0.2, 0.25) is 0 Å². The third kappa shape index (κ3) is 5.54. The van der Waals surface area contributed by atoms with E-state index >= 15 is 0 Å². The zero-order valence-corrected chi connectivity index (χ0v) is 18.3. The third-order valence-electron chi connectivity index (χ3n) is 4.86. The lowest BCUT2D eigenvalue weighted by Crippen LogP contribution is -2.38. The number of amides is 2. The maximum absolute atomic E-state index is 13.4. The van der Waals surface area contributed by atoms with E-state index in [9.17, 15) is 22.0 Å². The van der Waals surface area contributed by atoms with Crippen LogP contribution in [0.1, 0.15) is 50.9 Å². The standard InChI is InChI=1S/C21H27F2N3O3S/c1-5-26(6-2)30(28,29)18-10-7-16(8-11-18)14(3)24-21(27)25-15(4)17-9-12-19(22)20(23)13-17/h7-15H,5-6H2,1-4H3,(H2,24,25,27). The van der Waals surface area contributed by atoms with Crippen LogP contribution in [-0.2, 0) is 10.0 Å². The molecule has 9 heteroatoms. The van der Waals surface area contributed by atoms with Crippen molar-refractivity contribution in [3.8, 4) is 0 Å². The molecule has 0 fully saturated rings. The minimum Gasteiger partial charge on any atom is -0.332 e. The molecule has 0 saturated heterocycles. The summed E-state index contributed by atoms with van der Waals surface area (Å²) in [7, 11) is -3.54. The molecule has 0 aliphatic carbocycles. The van der Waals surface area contributed by atoms with Gasteiger partial charge in [0.25, 0.3) is 0 Å². The molecule has 0 radical (unpaired) electrons. The summed E-state index contributed by atoms with van der Waals surface area (Å²) in [5.41, 5.74) is 1.16. The largest absolute Gasteiger partial charge is 0.332 e. The van der Waals surface area contributed by atoms with Gasteiger partial charge >= 0.3 is 6.03 Å². The molecule has 2 aromatic rings. The summed E-state index contributed by atoms with van der Waals surface area (Å²) in [6.45, 7) is 7.74. The number of carbonyl (C=O) groups excluding carboxylic acids is 1. The maximum Gasteiger partial charge on any atom is 0.315 e. The van der Waals surface area contributed by atoms with Gasteiger partial charge in [-0.25, -0.2) is 22.0 Å². The Balaban J connectivity index is 2.02. The van der Waals surface area contributed by atoms with Crippen molar-refractivity contribution in [2.75, 3.05) is 13.1 Å². The Morgan fingerprint density at radius 3 is 1.90 bits per heavy atom. The maximum atomic E-state index is 13.4. The summed E-state index contributed by atoms with van der Waals surface area (Å²) in [5.74, 6) is -1.93. The van der Waals surface area contributed by atoms with Crippen molar-refractivity contribution in [1.29, 1.82) is 0 Å². The van der Waals surface area contributed by atoms with Crippen molar-refractivity contribution in [2.24, 2.45) is 0 Å². The van der Waals surface area contributed by atoms with Gasteiger partial charge in [0.05, 0.1) is 17.0 Å². The van der Waals surface area contributed by atoms with Crippen molar-refractivity contribution in [1.82, 2.24) is 14.9 Å². The fourth-order valence-corrected chi connectivity index (χ4v) is 4.48. The van der Waals surface area contributed by atoms with Crippen LogP contribution in [0.5, 0.6) is 0 Å². The van der Waals surface area contributed by atoms with Gasteiger partial charge in [-0.3, -0.25) is 0 Å². The van der Waals surface area contributed by atoms with Crippen molar-refractivity contribution in [3.05, 3.63) is 65.2 Å². The normalized spacial score (nSPS) is 13.7. The quantitative estimate of drug-likeness (QED) is 0.650. The van der Waals surface area contributed by atoms with Crippen molar-refractivity contribution >= 4 is 16.1 Å². The number of rotatable bonds is 8. The smallest absolute Gasteiger partial charge is 0.315 e. The molecule has 2 rings (SSSR count). The van der Waals surface area contributed by atoms with Crippen LogP contribution in [-0.4, -0.2) is 31.8 Å². The second-order valence-corrected chi connectivity index (χ2v) is 8.83. The molecule has 0 heterocycles. The predicted octanol–water partition coefficient (Wildman–Crippen LogP) is 4.12. The van der Waals surface area contributed by atoms with Crippen molar-refractivity contribution < 1.29 is 22.0 Å². The van der Waals surface area contributed by atoms with Crippen LogP contribution in [0.25, 0.3) is 0 Å². The number of hydrogen-bond acceptors (Lipinski definition) is 3. The Morgan fingerprint density at radius 2 is 1.40 bits per heavy atom. The Labute approximate surface area is 176 Å². The number of hydrogen-bond donors (Lipinski definition) is 2. The number of nitrogens with one attached hydrogen (secondary N) is 2. The molecule has 2 N–H and O–H groups in total. The average molecular weight is 440 g/mol. The topological polar surface area (TPSA) is 78.5 Å². The molecular formula is C21H27F2N3O3S. The minimum absolute atomic E-state index is 0.193. The van der Waals surface area contributed by atoms with Crippen LogP contribution in [0.3, 0.4) is 0 Å². The summed E-state index contributed by atoms with van der Waals surface area (Å²) in [5, 5.41) is 5.42. The first kappa shape index (κ1) is 23.8. The Morgan fingerprint density at radius 1 is 0.900 bits per heavy atom. The molecular weight excluding hydrogens is 412 g/mol. The van der Waals surface area contributed by atoms with Crippen LogP contribution in [0.4, 0.5) is 13.6 Å². The molecule has 2 unspecified atom stereocenters. The number of carbonyl (C=O) groups is 1. The van der Waals surface area contributed by atoms with Gasteiger partial charge in [-0.1, -0.05) is 32.0 Å². The first-order valence-electron chi connectivity index (χ1n) is 9.72. The van der Waals surface area contributed by atoms with Gasteiger partial charge in [0.15, 0.2) is 11.6 Å². The van der Waals surface area contributed by atoms with Crippen LogP contribution < -0.4 is 10.6 Å². The molecule has 0 aromatic heterocycles. The fourth-order valence-electron chi connectivity index (χ4n) is 3.02. The second-order valence-electron chi connectivity index (χ2n) is 6.89. The molecule has 0 saturated carbocycles. The summed E-state index contributed by atoms with van der Waals surface area (Å²) in [6.07, 6.45) is 0. The monoisotopic (exact) mass is 439 g/mol. The highest BCUT2D eigenvalue weighted by Crippen LogP contribution is 2.20. The molecule has 0 spiro atoms. The van der Waals surface area contributed by atoms with Crippen molar-refractivity contribution in [2.45, 2.75) is 44.7 Å². The van der Waals surface area contributed by atoms with Crippen LogP contribution in [0.15, 0.2) is 47.4 Å². The Hall–Kier alpha value is -2.52. The predicted molar refractivity (Wildman–Crippen MR) is 111 cm³/mol. The lowest BCUT2D eigenvalue weighted by molar-refractivity contribution is 0.235. The van der Waals surface area contributed by atoms with Crippen molar-refractivity contribution in [3.63, 3.8) is 0 Å². The van der Waals surface area contributed by atoms with E-state index in [1.165, 1.54) is 22.5 Å². The van der Waals surface area contributed by atoms with E-state index < -0.39 is 39.8 Å². The molecule has 30 heavy (non-hydrogen) atoms. The highest BCUT2D eigenvalue weighted by atomic mass is 32.2. The van der Waals surface area contributed by atoms with E-state index in [1.807, 2.05) is 0 Å². The van der Waals surface area contributed by atoms with Gasteiger partial charge in [0.1, 0.15) is 0 Å². The Bertz CT molecular complexity index is 977. The second kappa shape index (κ2) is 9.99. The molecule has 164 valence electrons. The fraction of sp³-hybridized carbons (Fsp3) is 0.381. The molecule has 0 bridgehead atoms. The number of halogens is 2. The average Bonchev–Trinajstić information content (AvgIpc) is 2.70. The lowest BCUT2D eigenvalue weighted by Gasteiger charge is -2.20. The lowest BCUT2D eigenvalue weighted by atomic mass is 10.1. The first-order chi connectivity index (χ1) is 14.1. The van der Waals surface area contributed by atoms with Gasteiger partial charge in [-0.2, -0.15) is 4.31 Å². The summed E-state index contributed by atoms with van der Waals surface area (Å²) in [4.78, 5) is 12.5. The number of urea groups is 1. The molecule has 6 nitrogen and oxygen atoms in total. The van der Waals surface area contributed by atoms with E-state index in [2.05, 4.69) is 10.6 Å². The highest BCUT2D eigenvalue weighted by molar-refractivity contribution is 7.89. The first-order valence-corrected chi connectivity index (χ1v) is 11.2. The van der Waals surface area contributed by atoms with E-state index in [0.717, 1.165) is 17.7 Å². The van der Waals surface area contributed by atoms with Gasteiger partial charge in [-0.15, -0.1) is 0 Å². The van der Waals surface area contributed by atoms with E-state index in [-0.39, 0.29) is 4.90 Å². The van der Waals surface area contributed by atoms with Gasteiger partial charge in [0, 0.05) is 13.1 Å². The summed E-state index contributed by atoms with van der Waals surface area (Å²) < 4.78 is 52.9. The van der Waals surface area contributed by atoms with E-state index in [0.29, 0.717) is 18.7 Å². The zero-order valence-electron chi connectivity index (χ0n) is 17.4. The molecule has 2 amide bonds. The van der Waals surface area contributed by atoms with E-state index in [4.69, 9.17) is 0 Å². The third-order valence-corrected chi connectivity index (χ3v) is 6.93. The summed E-state index contributed by atoms with van der Waals surface area (Å²) in [6, 6.07) is 8.38. The number of benzene rings is 2. The summed E-state index contributed by atoms with van der Waals surface area (Å²) >= 11 is 0. The number of nitrogens with zero attached hydrogens (tertiary/aromatic N) is 1. The molecule has 0 aliphatic heterocycles. The molecule has 0 aliphatic rings.